The van der Waals surface area contributed by atoms with E-state index in [0.29, 0.717) is 16.7 Å². The van der Waals surface area contributed by atoms with Crippen molar-refractivity contribution >= 4 is 10.9 Å². The van der Waals surface area contributed by atoms with E-state index in [0.717, 1.165) is 11.4 Å². The number of hydrogen-bond donors (Lipinski definition) is 1. The number of nitrogens with zero attached hydrogens (tertiary/aromatic N) is 2. The van der Waals surface area contributed by atoms with Crippen LogP contribution in [0.5, 0.6) is 11.5 Å². The van der Waals surface area contributed by atoms with Crippen LogP contribution >= 0.6 is 0 Å². The van der Waals surface area contributed by atoms with Crippen molar-refractivity contribution < 1.29 is 9.84 Å². The highest BCUT2D eigenvalue weighted by Gasteiger charge is 2.15. The average Bonchev–Trinajstić information content (AvgIpc) is 2.54. The first-order valence-corrected chi connectivity index (χ1v) is 7.41. The second-order valence-electron chi connectivity index (χ2n) is 5.66. The Kier molecular flexibility index (Phi) is 3.78. The molecule has 118 valence electrons. The summed E-state index contributed by atoms with van der Waals surface area (Å²) in [6.45, 7) is 3.97. The molecule has 1 heterocycles. The number of hydrogen-bond acceptors (Lipinski definition) is 4. The standard InChI is InChI=1S/C18H18N2O3/c1-11(2)17-19-16-10-13(21)6-9-15(16)18(22)20(17)12-4-7-14(23-3)8-5-12/h4-11,21H,1-3H3. The van der Waals surface area contributed by atoms with Crippen molar-refractivity contribution in [2.45, 2.75) is 19.8 Å². The summed E-state index contributed by atoms with van der Waals surface area (Å²) in [5, 5.41) is 10.1. The van der Waals surface area contributed by atoms with Gasteiger partial charge in [0.25, 0.3) is 5.56 Å². The third kappa shape index (κ3) is 2.65. The molecule has 0 amide bonds. The molecule has 0 aliphatic carbocycles. The molecular weight excluding hydrogens is 292 g/mol. The van der Waals surface area contributed by atoms with Crippen LogP contribution in [0.3, 0.4) is 0 Å². The fourth-order valence-corrected chi connectivity index (χ4v) is 2.56. The molecule has 3 rings (SSSR count). The van der Waals surface area contributed by atoms with Gasteiger partial charge in [-0.25, -0.2) is 4.98 Å². The maximum absolute atomic E-state index is 12.9. The van der Waals surface area contributed by atoms with Gasteiger partial charge < -0.3 is 9.84 Å². The Morgan fingerprint density at radius 2 is 1.83 bits per heavy atom. The largest absolute Gasteiger partial charge is 0.508 e. The second kappa shape index (κ2) is 5.76. The lowest BCUT2D eigenvalue weighted by Crippen LogP contribution is -2.24. The van der Waals surface area contributed by atoms with Crippen LogP contribution in [0.15, 0.2) is 47.3 Å². The quantitative estimate of drug-likeness (QED) is 0.806. The van der Waals surface area contributed by atoms with Crippen molar-refractivity contribution in [2.75, 3.05) is 7.11 Å². The number of rotatable bonds is 3. The lowest BCUT2D eigenvalue weighted by atomic mass is 10.1. The highest BCUT2D eigenvalue weighted by atomic mass is 16.5. The summed E-state index contributed by atoms with van der Waals surface area (Å²) >= 11 is 0. The molecule has 5 nitrogen and oxygen atoms in total. The fourth-order valence-electron chi connectivity index (χ4n) is 2.56. The predicted molar refractivity (Wildman–Crippen MR) is 89.6 cm³/mol. The van der Waals surface area contributed by atoms with Gasteiger partial charge in [-0.2, -0.15) is 0 Å². The zero-order valence-corrected chi connectivity index (χ0v) is 13.3. The summed E-state index contributed by atoms with van der Waals surface area (Å²) in [7, 11) is 1.60. The van der Waals surface area contributed by atoms with Gasteiger partial charge in [0.1, 0.15) is 17.3 Å². The summed E-state index contributed by atoms with van der Waals surface area (Å²) in [5.41, 5.74) is 1.09. The first-order chi connectivity index (χ1) is 11.0. The molecule has 1 N–H and O–H groups in total. The number of fused-ring (bicyclic) bond motifs is 1. The average molecular weight is 310 g/mol. The van der Waals surface area contributed by atoms with E-state index in [2.05, 4.69) is 4.98 Å². The third-order valence-corrected chi connectivity index (χ3v) is 3.73. The van der Waals surface area contributed by atoms with Crippen LogP contribution in [0, 0.1) is 0 Å². The minimum absolute atomic E-state index is 0.0524. The predicted octanol–water partition coefficient (Wildman–Crippen LogP) is 3.22. The Morgan fingerprint density at radius 1 is 1.13 bits per heavy atom. The highest BCUT2D eigenvalue weighted by Crippen LogP contribution is 2.22. The second-order valence-corrected chi connectivity index (χ2v) is 5.66. The molecular formula is C18H18N2O3. The number of methoxy groups -OCH3 is 1. The van der Waals surface area contributed by atoms with Crippen molar-refractivity contribution in [1.82, 2.24) is 9.55 Å². The normalized spacial score (nSPS) is 11.1. The van der Waals surface area contributed by atoms with Crippen LogP contribution in [-0.4, -0.2) is 21.8 Å². The van der Waals surface area contributed by atoms with E-state index in [1.54, 1.807) is 17.7 Å². The van der Waals surface area contributed by atoms with E-state index >= 15 is 0 Å². The molecule has 0 fully saturated rings. The maximum atomic E-state index is 12.9. The molecule has 0 aliphatic rings. The summed E-state index contributed by atoms with van der Waals surface area (Å²) < 4.78 is 6.78. The molecule has 0 radical (unpaired) electrons. The number of aromatic hydroxyl groups is 1. The summed E-state index contributed by atoms with van der Waals surface area (Å²) in [5.74, 6) is 1.53. The van der Waals surface area contributed by atoms with Crippen LogP contribution < -0.4 is 10.3 Å². The topological polar surface area (TPSA) is 64.3 Å². The molecule has 0 saturated carbocycles. The van der Waals surface area contributed by atoms with E-state index in [-0.39, 0.29) is 17.2 Å². The van der Waals surface area contributed by atoms with E-state index in [4.69, 9.17) is 4.74 Å². The zero-order valence-electron chi connectivity index (χ0n) is 13.3. The highest BCUT2D eigenvalue weighted by molar-refractivity contribution is 5.79. The smallest absolute Gasteiger partial charge is 0.265 e. The number of ether oxygens (including phenoxy) is 1. The van der Waals surface area contributed by atoms with Crippen LogP contribution in [0.1, 0.15) is 25.6 Å². The Morgan fingerprint density at radius 3 is 2.43 bits per heavy atom. The maximum Gasteiger partial charge on any atom is 0.265 e. The monoisotopic (exact) mass is 310 g/mol. The van der Waals surface area contributed by atoms with E-state index < -0.39 is 0 Å². The van der Waals surface area contributed by atoms with Gasteiger partial charge in [-0.15, -0.1) is 0 Å². The molecule has 0 spiro atoms. The first kappa shape index (κ1) is 15.1. The van der Waals surface area contributed by atoms with E-state index in [1.165, 1.54) is 12.1 Å². The summed E-state index contributed by atoms with van der Waals surface area (Å²) in [4.78, 5) is 17.5. The Labute approximate surface area is 133 Å². The molecule has 0 saturated heterocycles. The molecule has 0 unspecified atom stereocenters. The van der Waals surface area contributed by atoms with Gasteiger partial charge >= 0.3 is 0 Å². The SMILES string of the molecule is COc1ccc(-n2c(C(C)C)nc3cc(O)ccc3c2=O)cc1. The molecule has 0 aliphatic heterocycles. The van der Waals surface area contributed by atoms with Crippen molar-refractivity contribution in [2.24, 2.45) is 0 Å². The lowest BCUT2D eigenvalue weighted by Gasteiger charge is -2.16. The molecule has 0 atom stereocenters. The Bertz CT molecular complexity index is 912. The van der Waals surface area contributed by atoms with Gasteiger partial charge in [-0.05, 0) is 36.4 Å². The molecule has 3 aromatic rings. The van der Waals surface area contributed by atoms with E-state index in [1.807, 2.05) is 38.1 Å². The van der Waals surface area contributed by atoms with Crippen molar-refractivity contribution in [3.63, 3.8) is 0 Å². The Hall–Kier alpha value is -2.82. The minimum atomic E-state index is -0.149. The summed E-state index contributed by atoms with van der Waals surface area (Å²) in [6, 6.07) is 11.9. The number of phenols is 1. The van der Waals surface area contributed by atoms with Gasteiger partial charge in [-0.3, -0.25) is 9.36 Å². The fraction of sp³-hybridized carbons (Fsp3) is 0.222. The Balaban J connectivity index is 2.33. The number of phenolic OH excluding ortho intramolecular Hbond substituents is 1. The molecule has 0 bridgehead atoms. The number of aromatic nitrogens is 2. The molecule has 1 aromatic heterocycles. The minimum Gasteiger partial charge on any atom is -0.508 e. The van der Waals surface area contributed by atoms with Crippen molar-refractivity contribution in [3.8, 4) is 17.2 Å². The van der Waals surface area contributed by atoms with Gasteiger partial charge in [0.15, 0.2) is 0 Å². The van der Waals surface area contributed by atoms with Gasteiger partial charge in [0.2, 0.25) is 0 Å². The van der Waals surface area contributed by atoms with Crippen LogP contribution in [0.25, 0.3) is 16.6 Å². The molecule has 2 aromatic carbocycles. The molecule has 5 heteroatoms. The lowest BCUT2D eigenvalue weighted by molar-refractivity contribution is 0.414. The van der Waals surface area contributed by atoms with Crippen LogP contribution in [-0.2, 0) is 0 Å². The van der Waals surface area contributed by atoms with Crippen LogP contribution in [0.2, 0.25) is 0 Å². The summed E-state index contributed by atoms with van der Waals surface area (Å²) in [6.07, 6.45) is 0. The number of benzene rings is 2. The van der Waals surface area contributed by atoms with Gasteiger partial charge in [0.05, 0.1) is 23.7 Å². The first-order valence-electron chi connectivity index (χ1n) is 7.41. The molecule has 23 heavy (non-hydrogen) atoms. The third-order valence-electron chi connectivity index (χ3n) is 3.73. The van der Waals surface area contributed by atoms with Gasteiger partial charge in [-0.1, -0.05) is 13.8 Å². The van der Waals surface area contributed by atoms with Crippen LogP contribution in [0.4, 0.5) is 0 Å². The zero-order chi connectivity index (χ0) is 16.6. The van der Waals surface area contributed by atoms with Gasteiger partial charge in [0, 0.05) is 12.0 Å². The van der Waals surface area contributed by atoms with Crippen molar-refractivity contribution in [3.05, 3.63) is 58.6 Å². The van der Waals surface area contributed by atoms with Crippen molar-refractivity contribution in [1.29, 1.82) is 0 Å². The van der Waals surface area contributed by atoms with E-state index in [9.17, 15) is 9.90 Å².